The van der Waals surface area contributed by atoms with Crippen molar-refractivity contribution >= 4 is 17.7 Å². The predicted octanol–water partition coefficient (Wildman–Crippen LogP) is -0.485. The summed E-state index contributed by atoms with van der Waals surface area (Å²) >= 11 is 0. The first-order valence-electron chi connectivity index (χ1n) is 5.24. The number of nitrogens with zero attached hydrogens (tertiary/aromatic N) is 4. The van der Waals surface area contributed by atoms with E-state index in [1.54, 1.807) is 24.4 Å². The first-order valence-corrected chi connectivity index (χ1v) is 5.24. The second kappa shape index (κ2) is 5.58. The van der Waals surface area contributed by atoms with Gasteiger partial charge in [-0.1, -0.05) is 11.3 Å². The third kappa shape index (κ3) is 3.49. The molecule has 0 atom stereocenters. The van der Waals surface area contributed by atoms with Crippen LogP contribution in [0.4, 0.5) is 5.82 Å². The number of hydrazine groups is 1. The quantitative estimate of drug-likeness (QED) is 0.621. The zero-order valence-electron chi connectivity index (χ0n) is 9.65. The zero-order valence-corrected chi connectivity index (χ0v) is 9.65. The van der Waals surface area contributed by atoms with E-state index in [1.165, 1.54) is 6.20 Å². The molecule has 19 heavy (non-hydrogen) atoms. The van der Waals surface area contributed by atoms with Gasteiger partial charge < -0.3 is 5.11 Å². The molecule has 9 nitrogen and oxygen atoms in total. The minimum absolute atomic E-state index is 0.153. The molecule has 0 aliphatic heterocycles. The van der Waals surface area contributed by atoms with Gasteiger partial charge in [-0.25, -0.2) is 14.5 Å². The number of hydrogen-bond donors (Lipinski definition) is 3. The van der Waals surface area contributed by atoms with Crippen LogP contribution in [0.5, 0.6) is 0 Å². The lowest BCUT2D eigenvalue weighted by Gasteiger charge is -2.06. The number of aromatic nitrogens is 4. The number of carboxylic acid groups (broad SMARTS) is 1. The van der Waals surface area contributed by atoms with Crippen molar-refractivity contribution in [1.82, 2.24) is 25.4 Å². The van der Waals surface area contributed by atoms with Gasteiger partial charge in [-0.15, -0.1) is 5.10 Å². The predicted molar refractivity (Wildman–Crippen MR) is 63.0 cm³/mol. The molecule has 0 fully saturated rings. The zero-order chi connectivity index (χ0) is 13.7. The van der Waals surface area contributed by atoms with E-state index in [0.29, 0.717) is 5.82 Å². The third-order valence-electron chi connectivity index (χ3n) is 2.06. The maximum atomic E-state index is 11.5. The van der Waals surface area contributed by atoms with E-state index in [1.807, 2.05) is 0 Å². The molecule has 0 aromatic carbocycles. The second-order valence-electron chi connectivity index (χ2n) is 3.49. The Labute approximate surface area is 107 Å². The van der Waals surface area contributed by atoms with Crippen LogP contribution in [-0.2, 0) is 11.3 Å². The number of anilines is 1. The van der Waals surface area contributed by atoms with Crippen molar-refractivity contribution in [3.63, 3.8) is 0 Å². The highest BCUT2D eigenvalue weighted by Crippen LogP contribution is 1.97. The Bertz CT molecular complexity index is 582. The standard InChI is InChI=1S/C10H10N6O3/c17-9(14-13-8-3-1-2-4-11-8)6-16-5-7(10(18)19)12-15-16/h1-5H,6H2,(H,11,13)(H,14,17)(H,18,19). The molecule has 9 heteroatoms. The van der Waals surface area contributed by atoms with Gasteiger partial charge in [-0.3, -0.25) is 15.6 Å². The molecular formula is C10H10N6O3. The van der Waals surface area contributed by atoms with Crippen LogP contribution < -0.4 is 10.9 Å². The Morgan fingerprint density at radius 2 is 2.21 bits per heavy atom. The van der Waals surface area contributed by atoms with E-state index in [2.05, 4.69) is 26.1 Å². The highest BCUT2D eigenvalue weighted by atomic mass is 16.4. The molecule has 3 N–H and O–H groups in total. The first kappa shape index (κ1) is 12.5. The second-order valence-corrected chi connectivity index (χ2v) is 3.49. The summed E-state index contributed by atoms with van der Waals surface area (Å²) in [6.07, 6.45) is 2.74. The number of carbonyl (C=O) groups is 2. The number of amides is 1. The molecule has 1 amide bonds. The summed E-state index contributed by atoms with van der Waals surface area (Å²) in [6.45, 7) is -0.153. The summed E-state index contributed by atoms with van der Waals surface area (Å²) in [4.78, 5) is 26.0. The van der Waals surface area contributed by atoms with Crippen molar-refractivity contribution in [2.75, 3.05) is 5.43 Å². The average Bonchev–Trinajstić information content (AvgIpc) is 2.86. The molecule has 0 aliphatic rings. The third-order valence-corrected chi connectivity index (χ3v) is 2.06. The maximum Gasteiger partial charge on any atom is 0.358 e. The van der Waals surface area contributed by atoms with Crippen LogP contribution in [0.25, 0.3) is 0 Å². The van der Waals surface area contributed by atoms with Gasteiger partial charge in [0.25, 0.3) is 5.91 Å². The molecule has 98 valence electrons. The lowest BCUT2D eigenvalue weighted by atomic mass is 10.5. The molecule has 0 bridgehead atoms. The molecule has 2 aromatic rings. The highest BCUT2D eigenvalue weighted by molar-refractivity contribution is 5.84. The van der Waals surface area contributed by atoms with Crippen molar-refractivity contribution in [3.05, 3.63) is 36.3 Å². The number of nitrogens with one attached hydrogen (secondary N) is 2. The molecule has 0 spiro atoms. The van der Waals surface area contributed by atoms with E-state index in [9.17, 15) is 9.59 Å². The highest BCUT2D eigenvalue weighted by Gasteiger charge is 2.10. The molecule has 2 heterocycles. The van der Waals surface area contributed by atoms with Gasteiger partial charge >= 0.3 is 5.97 Å². The van der Waals surface area contributed by atoms with Crippen LogP contribution in [0, 0.1) is 0 Å². The fourth-order valence-corrected chi connectivity index (χ4v) is 1.23. The van der Waals surface area contributed by atoms with Crippen molar-refractivity contribution in [3.8, 4) is 0 Å². The van der Waals surface area contributed by atoms with Crippen molar-refractivity contribution < 1.29 is 14.7 Å². The first-order chi connectivity index (χ1) is 9.15. The van der Waals surface area contributed by atoms with Gasteiger partial charge in [0, 0.05) is 6.20 Å². The fraction of sp³-hybridized carbons (Fsp3) is 0.100. The molecule has 0 radical (unpaired) electrons. The molecule has 0 aliphatic carbocycles. The number of rotatable bonds is 5. The lowest BCUT2D eigenvalue weighted by molar-refractivity contribution is -0.121. The summed E-state index contributed by atoms with van der Waals surface area (Å²) in [5.41, 5.74) is 4.79. The number of carboxylic acids is 1. The summed E-state index contributed by atoms with van der Waals surface area (Å²) in [6, 6.07) is 5.19. The number of carbonyl (C=O) groups excluding carboxylic acids is 1. The van der Waals surface area contributed by atoms with Crippen LogP contribution in [0.1, 0.15) is 10.5 Å². The SMILES string of the molecule is O=C(Cn1cc(C(=O)O)nn1)NNc1ccccn1. The van der Waals surface area contributed by atoms with E-state index in [4.69, 9.17) is 5.11 Å². The van der Waals surface area contributed by atoms with Gasteiger partial charge in [0.05, 0.1) is 6.20 Å². The van der Waals surface area contributed by atoms with E-state index in [0.717, 1.165) is 4.68 Å². The Morgan fingerprint density at radius 1 is 1.37 bits per heavy atom. The van der Waals surface area contributed by atoms with Gasteiger partial charge in [-0.2, -0.15) is 0 Å². The number of aromatic carboxylic acids is 1. The largest absolute Gasteiger partial charge is 0.476 e. The van der Waals surface area contributed by atoms with Crippen LogP contribution in [-0.4, -0.2) is 37.0 Å². The summed E-state index contributed by atoms with van der Waals surface area (Å²) in [5.74, 6) is -1.12. The average molecular weight is 262 g/mol. The van der Waals surface area contributed by atoms with Gasteiger partial charge in [-0.05, 0) is 12.1 Å². The van der Waals surface area contributed by atoms with Crippen molar-refractivity contribution in [1.29, 1.82) is 0 Å². The molecule has 2 aromatic heterocycles. The smallest absolute Gasteiger partial charge is 0.358 e. The van der Waals surface area contributed by atoms with Crippen molar-refractivity contribution in [2.24, 2.45) is 0 Å². The Balaban J connectivity index is 1.85. The fourth-order valence-electron chi connectivity index (χ4n) is 1.23. The molecular weight excluding hydrogens is 252 g/mol. The van der Waals surface area contributed by atoms with E-state index >= 15 is 0 Å². The van der Waals surface area contributed by atoms with Crippen molar-refractivity contribution in [2.45, 2.75) is 6.54 Å². The molecule has 2 rings (SSSR count). The Morgan fingerprint density at radius 3 is 2.84 bits per heavy atom. The molecule has 0 saturated carbocycles. The minimum atomic E-state index is -1.20. The van der Waals surface area contributed by atoms with Crippen LogP contribution in [0.3, 0.4) is 0 Å². The van der Waals surface area contributed by atoms with Gasteiger partial charge in [0.2, 0.25) is 0 Å². The van der Waals surface area contributed by atoms with Gasteiger partial charge in [0.15, 0.2) is 5.69 Å². The molecule has 0 saturated heterocycles. The summed E-state index contributed by atoms with van der Waals surface area (Å²) < 4.78 is 1.12. The van der Waals surface area contributed by atoms with E-state index in [-0.39, 0.29) is 12.2 Å². The Kier molecular flexibility index (Phi) is 3.67. The minimum Gasteiger partial charge on any atom is -0.476 e. The number of hydrogen-bond acceptors (Lipinski definition) is 6. The number of pyridine rings is 1. The topological polar surface area (TPSA) is 122 Å². The molecule has 0 unspecified atom stereocenters. The van der Waals surface area contributed by atoms with E-state index < -0.39 is 11.9 Å². The summed E-state index contributed by atoms with van der Waals surface area (Å²) in [7, 11) is 0. The Hall–Kier alpha value is -2.97. The summed E-state index contributed by atoms with van der Waals surface area (Å²) in [5, 5.41) is 15.5. The van der Waals surface area contributed by atoms with Crippen LogP contribution >= 0.6 is 0 Å². The van der Waals surface area contributed by atoms with Gasteiger partial charge in [0.1, 0.15) is 12.4 Å². The normalized spacial score (nSPS) is 9.89. The monoisotopic (exact) mass is 262 g/mol. The lowest BCUT2D eigenvalue weighted by Crippen LogP contribution is -2.33. The van der Waals surface area contributed by atoms with Crippen LogP contribution in [0.15, 0.2) is 30.6 Å². The maximum absolute atomic E-state index is 11.5. The van der Waals surface area contributed by atoms with Crippen LogP contribution in [0.2, 0.25) is 0 Å².